The van der Waals surface area contributed by atoms with Gasteiger partial charge in [-0.3, -0.25) is 19.4 Å². The van der Waals surface area contributed by atoms with Gasteiger partial charge in [-0.25, -0.2) is 9.59 Å². The normalized spacial score (nSPS) is 22.3. The Labute approximate surface area is 359 Å². The molecule has 0 bridgehead atoms. The molecule has 0 unspecified atom stereocenters. The number of amides is 4. The Morgan fingerprint density at radius 3 is 2.36 bits per heavy atom. The maximum absolute atomic E-state index is 14.6. The third-order valence-corrected chi connectivity index (χ3v) is 13.0. The zero-order valence-corrected chi connectivity index (χ0v) is 35.3. The van der Waals surface area contributed by atoms with Crippen LogP contribution in [0.4, 0.5) is 34.1 Å². The fourth-order valence-electron chi connectivity index (χ4n) is 9.08. The summed E-state index contributed by atoms with van der Waals surface area (Å²) >= 11 is 6.19. The van der Waals surface area contributed by atoms with Crippen molar-refractivity contribution >= 4 is 47.0 Å². The Balaban J connectivity index is 1.06. The number of esters is 1. The number of hydrogen-bond acceptors (Lipinski definition) is 11. The molecular weight excluding hydrogens is 821 g/mol. The summed E-state index contributed by atoms with van der Waals surface area (Å²) in [5.41, 5.74) is 5.71. The number of alkyl halides is 3. The van der Waals surface area contributed by atoms with Crippen LogP contribution in [0.25, 0.3) is 0 Å². The lowest BCUT2D eigenvalue weighted by Crippen LogP contribution is -2.63. The fraction of sp³-hybridized carbons (Fsp3) is 0.619. The lowest BCUT2D eigenvalue weighted by Gasteiger charge is -2.46. The summed E-state index contributed by atoms with van der Waals surface area (Å²) in [7, 11) is 2.05. The second-order valence-electron chi connectivity index (χ2n) is 16.6. The smallest absolute Gasteiger partial charge is 0.418 e. The van der Waals surface area contributed by atoms with E-state index in [1.807, 2.05) is 31.3 Å². The first-order chi connectivity index (χ1) is 29.2. The van der Waals surface area contributed by atoms with Gasteiger partial charge in [-0.15, -0.1) is 0 Å². The van der Waals surface area contributed by atoms with Gasteiger partial charge in [-0.2, -0.15) is 13.2 Å². The molecule has 4 fully saturated rings. The van der Waals surface area contributed by atoms with E-state index in [2.05, 4.69) is 20.0 Å². The number of nitrogens with one attached hydrogen (secondary N) is 1. The number of para-hydroxylation sites is 1. The largest absolute Gasteiger partial charge is 0.463 e. The molecule has 19 heteroatoms. The van der Waals surface area contributed by atoms with Gasteiger partial charge in [0.25, 0.3) is 5.91 Å². The van der Waals surface area contributed by atoms with E-state index < -0.39 is 54.0 Å². The molecule has 15 nitrogen and oxygen atoms in total. The summed E-state index contributed by atoms with van der Waals surface area (Å²) in [6.07, 6.45) is -4.41. The summed E-state index contributed by atoms with van der Waals surface area (Å²) in [6, 6.07) is 8.60. The van der Waals surface area contributed by atoms with Crippen molar-refractivity contribution in [3.8, 4) is 0 Å². The van der Waals surface area contributed by atoms with E-state index in [1.165, 1.54) is 15.9 Å². The van der Waals surface area contributed by atoms with E-state index in [9.17, 15) is 32.3 Å². The highest BCUT2D eigenvalue weighted by Crippen LogP contribution is 2.38. The first-order valence-electron chi connectivity index (χ1n) is 21.2. The number of ether oxygens (including phenoxy) is 3. The van der Waals surface area contributed by atoms with Gasteiger partial charge in [0.2, 0.25) is 0 Å². The number of halogens is 4. The number of rotatable bonds is 10. The van der Waals surface area contributed by atoms with Gasteiger partial charge in [0.05, 0.1) is 29.5 Å². The molecule has 334 valence electrons. The molecule has 61 heavy (non-hydrogen) atoms. The summed E-state index contributed by atoms with van der Waals surface area (Å²) in [4.78, 5) is 66.8. The van der Waals surface area contributed by atoms with Gasteiger partial charge in [0.15, 0.2) is 6.10 Å². The maximum atomic E-state index is 14.6. The van der Waals surface area contributed by atoms with Crippen molar-refractivity contribution in [3.63, 3.8) is 0 Å². The number of piperidine rings is 2. The zero-order chi connectivity index (χ0) is 43.3. The van der Waals surface area contributed by atoms with Crippen LogP contribution in [0.3, 0.4) is 0 Å². The second-order valence-corrected chi connectivity index (χ2v) is 17.0. The fourth-order valence-corrected chi connectivity index (χ4v) is 9.33. The third kappa shape index (κ3) is 11.0. The minimum atomic E-state index is -4.84. The molecule has 3 N–H and O–H groups in total. The summed E-state index contributed by atoms with van der Waals surface area (Å²) in [6.45, 7) is 6.52. The highest BCUT2D eigenvalue weighted by Gasteiger charge is 2.43. The number of hydrogen-bond donors (Lipinski definition) is 2. The highest BCUT2D eigenvalue weighted by molar-refractivity contribution is 6.33. The Morgan fingerprint density at radius 2 is 1.64 bits per heavy atom. The highest BCUT2D eigenvalue weighted by atomic mass is 35.5. The quantitative estimate of drug-likeness (QED) is 0.263. The average Bonchev–Trinajstić information content (AvgIpc) is 3.42. The van der Waals surface area contributed by atoms with Crippen molar-refractivity contribution in [2.45, 2.75) is 68.9 Å². The minimum Gasteiger partial charge on any atom is -0.463 e. The number of carbonyl (C=O) groups is 4. The molecule has 5 aliphatic rings. The molecule has 0 saturated carbocycles. The number of likely N-dealkylation sites (tertiary alicyclic amines) is 2. The topological polar surface area (TPSA) is 153 Å². The number of nitrogen functional groups attached to an aromatic ring is 1. The minimum absolute atomic E-state index is 0.00594. The van der Waals surface area contributed by atoms with Crippen LogP contribution < -0.4 is 11.1 Å². The SMILES string of the molecule is CN1CCC(N2CCN(C(=O)[C@@H](Cc3cc(Cl)c(N)c(C(F)(F)F)c3)OC(=O)N3CCC(N4CCc5ccccc5NC4=O)CC3)C[C@H]2C(=O)OCCN2CCOCC2)CC1. The molecule has 4 amide bonds. The van der Waals surface area contributed by atoms with Gasteiger partial charge in [-0.1, -0.05) is 29.8 Å². The molecular formula is C42H56ClF3N8O7. The Kier molecular flexibility index (Phi) is 14.5. The van der Waals surface area contributed by atoms with Gasteiger partial charge < -0.3 is 44.9 Å². The number of fused-ring (bicyclic) bond motifs is 1. The molecule has 2 atom stereocenters. The predicted molar refractivity (Wildman–Crippen MR) is 221 cm³/mol. The van der Waals surface area contributed by atoms with E-state index in [-0.39, 0.29) is 61.5 Å². The van der Waals surface area contributed by atoms with Crippen LogP contribution in [-0.4, -0.2) is 176 Å². The van der Waals surface area contributed by atoms with Crippen LogP contribution in [-0.2, 0) is 42.8 Å². The van der Waals surface area contributed by atoms with E-state index >= 15 is 0 Å². The molecule has 7 rings (SSSR count). The number of piperazine rings is 1. The summed E-state index contributed by atoms with van der Waals surface area (Å²) in [5, 5.41) is 2.64. The lowest BCUT2D eigenvalue weighted by atomic mass is 9.98. The van der Waals surface area contributed by atoms with E-state index in [0.717, 1.165) is 56.3 Å². The summed E-state index contributed by atoms with van der Waals surface area (Å²) in [5.74, 6) is -1.12. The molecule has 0 radical (unpaired) electrons. The first-order valence-corrected chi connectivity index (χ1v) is 21.6. The Bertz CT molecular complexity index is 1890. The molecule has 0 spiro atoms. The Morgan fingerprint density at radius 1 is 0.934 bits per heavy atom. The number of urea groups is 1. The first kappa shape index (κ1) is 44.7. The van der Waals surface area contributed by atoms with Gasteiger partial charge in [0.1, 0.15) is 12.6 Å². The second kappa shape index (κ2) is 19.8. The maximum Gasteiger partial charge on any atom is 0.418 e. The van der Waals surface area contributed by atoms with Crippen molar-refractivity contribution in [2.75, 3.05) is 110 Å². The molecule has 2 aromatic rings. The molecule has 2 aromatic carbocycles. The van der Waals surface area contributed by atoms with E-state index in [0.29, 0.717) is 52.1 Å². The number of nitrogens with zero attached hydrogens (tertiary/aromatic N) is 6. The lowest BCUT2D eigenvalue weighted by molar-refractivity contribution is -0.159. The zero-order valence-electron chi connectivity index (χ0n) is 34.5. The number of carbonyl (C=O) groups excluding carboxylic acids is 4. The molecule has 0 aliphatic carbocycles. The predicted octanol–water partition coefficient (Wildman–Crippen LogP) is 4.03. The number of benzene rings is 2. The van der Waals surface area contributed by atoms with Crippen LogP contribution in [0.15, 0.2) is 36.4 Å². The number of morpholine rings is 1. The van der Waals surface area contributed by atoms with Gasteiger partial charge >= 0.3 is 24.3 Å². The molecule has 0 aromatic heterocycles. The van der Waals surface area contributed by atoms with Gasteiger partial charge in [-0.05, 0) is 81.6 Å². The van der Waals surface area contributed by atoms with Crippen molar-refractivity contribution < 1.29 is 46.6 Å². The van der Waals surface area contributed by atoms with Crippen LogP contribution in [0.2, 0.25) is 5.02 Å². The molecule has 4 saturated heterocycles. The van der Waals surface area contributed by atoms with E-state index in [4.69, 9.17) is 31.5 Å². The third-order valence-electron chi connectivity index (χ3n) is 12.7. The number of anilines is 2. The number of nitrogens with two attached hydrogens (primary N) is 1. The van der Waals surface area contributed by atoms with Crippen LogP contribution in [0, 0.1) is 0 Å². The standard InChI is InChI=1S/C42H56ClF3N8O7/c1-49-11-7-30(8-12-49)53-17-16-52(27-35(53)39(56)60-23-20-50-18-21-59-22-19-50)38(55)36(26-28-24-32(42(44,45)46)37(47)33(43)25-28)61-41(58)51-13-9-31(10-14-51)54-15-6-29-4-2-3-5-34(29)48-40(54)57/h2-5,24-25,30-31,35-36H,6-23,26-27,47H2,1H3,(H,48,57)/t35-,36+/m0/s1. The van der Waals surface area contributed by atoms with Crippen molar-refractivity contribution in [1.82, 2.24) is 29.4 Å². The summed E-state index contributed by atoms with van der Waals surface area (Å²) < 4.78 is 59.4. The van der Waals surface area contributed by atoms with Gasteiger partial charge in [0, 0.05) is 83.1 Å². The molecule has 5 heterocycles. The van der Waals surface area contributed by atoms with Crippen molar-refractivity contribution in [2.24, 2.45) is 0 Å². The molecule has 5 aliphatic heterocycles. The van der Waals surface area contributed by atoms with Crippen molar-refractivity contribution in [3.05, 3.63) is 58.1 Å². The van der Waals surface area contributed by atoms with Crippen LogP contribution in [0.1, 0.15) is 42.4 Å². The van der Waals surface area contributed by atoms with Crippen LogP contribution in [0.5, 0.6) is 0 Å². The van der Waals surface area contributed by atoms with Crippen molar-refractivity contribution in [1.29, 1.82) is 0 Å². The monoisotopic (exact) mass is 876 g/mol. The Hall–Kier alpha value is -4.36. The average molecular weight is 877 g/mol. The van der Waals surface area contributed by atoms with Crippen LogP contribution >= 0.6 is 11.6 Å². The van der Waals surface area contributed by atoms with E-state index in [1.54, 1.807) is 4.90 Å².